The van der Waals surface area contributed by atoms with Crippen molar-refractivity contribution in [1.29, 1.82) is 0 Å². The lowest BCUT2D eigenvalue weighted by Gasteiger charge is -2.29. The third kappa shape index (κ3) is 5.94. The van der Waals surface area contributed by atoms with Gasteiger partial charge in [-0.3, -0.25) is 9.79 Å². The Morgan fingerprint density at radius 3 is 2.72 bits per heavy atom. The van der Waals surface area contributed by atoms with Crippen molar-refractivity contribution in [1.82, 2.24) is 15.6 Å². The van der Waals surface area contributed by atoms with Crippen molar-refractivity contribution in [3.8, 4) is 0 Å². The van der Waals surface area contributed by atoms with Gasteiger partial charge in [0.25, 0.3) is 0 Å². The number of oxazole rings is 1. The molecule has 2 aromatic rings. The van der Waals surface area contributed by atoms with Gasteiger partial charge in [-0.15, -0.1) is 24.0 Å². The van der Waals surface area contributed by atoms with Crippen LogP contribution in [0, 0.1) is 0 Å². The topological polar surface area (TPSA) is 82.8 Å². The summed E-state index contributed by atoms with van der Waals surface area (Å²) in [7, 11) is 1.67. The summed E-state index contributed by atoms with van der Waals surface area (Å²) in [6, 6.07) is 8.09. The zero-order valence-electron chi connectivity index (χ0n) is 17.5. The molecule has 1 aromatic carbocycles. The highest BCUT2D eigenvalue weighted by molar-refractivity contribution is 14.0. The maximum atomic E-state index is 12.7. The molecule has 1 aromatic heterocycles. The van der Waals surface area contributed by atoms with E-state index in [1.54, 1.807) is 13.2 Å². The number of nitrogens with zero attached hydrogens (tertiary/aromatic N) is 3. The zero-order chi connectivity index (χ0) is 20.1. The van der Waals surface area contributed by atoms with Crippen LogP contribution in [0.2, 0.25) is 0 Å². The van der Waals surface area contributed by atoms with Crippen LogP contribution >= 0.6 is 24.0 Å². The van der Waals surface area contributed by atoms with Gasteiger partial charge in [0.05, 0.1) is 19.3 Å². The summed E-state index contributed by atoms with van der Waals surface area (Å²) in [5, 5.41) is 6.22. The van der Waals surface area contributed by atoms with Gasteiger partial charge in [-0.25, -0.2) is 4.98 Å². The van der Waals surface area contributed by atoms with E-state index in [9.17, 15) is 4.79 Å². The first kappa shape index (κ1) is 23.2. The maximum Gasteiger partial charge on any atom is 0.246 e. The highest BCUT2D eigenvalue weighted by atomic mass is 127. The lowest BCUT2D eigenvalue weighted by atomic mass is 9.94. The van der Waals surface area contributed by atoms with E-state index in [4.69, 9.17) is 4.42 Å². The predicted octanol–water partition coefficient (Wildman–Crippen LogP) is 3.23. The van der Waals surface area contributed by atoms with E-state index in [1.807, 2.05) is 23.1 Å². The number of aliphatic imine (C=N–C) groups is 1. The van der Waals surface area contributed by atoms with Gasteiger partial charge in [-0.05, 0) is 24.5 Å². The number of benzene rings is 1. The Kier molecular flexibility index (Phi) is 8.06. The summed E-state index contributed by atoms with van der Waals surface area (Å²) in [5.41, 5.74) is 2.16. The van der Waals surface area contributed by atoms with Crippen molar-refractivity contribution >= 4 is 41.5 Å². The molecule has 2 N–H and O–H groups in total. The number of para-hydroxylation sites is 1. The van der Waals surface area contributed by atoms with E-state index in [1.165, 1.54) is 5.56 Å². The molecule has 2 heterocycles. The second-order valence-electron chi connectivity index (χ2n) is 7.93. The fourth-order valence-corrected chi connectivity index (χ4v) is 3.17. The Morgan fingerprint density at radius 2 is 2.03 bits per heavy atom. The van der Waals surface area contributed by atoms with Crippen LogP contribution in [0.4, 0.5) is 5.69 Å². The number of anilines is 1. The number of aromatic nitrogens is 1. The average molecular weight is 511 g/mol. The predicted molar refractivity (Wildman–Crippen MR) is 126 cm³/mol. The normalized spacial score (nSPS) is 14.1. The van der Waals surface area contributed by atoms with Crippen LogP contribution in [-0.4, -0.2) is 37.0 Å². The molecule has 29 heavy (non-hydrogen) atoms. The molecule has 0 atom stereocenters. The van der Waals surface area contributed by atoms with Gasteiger partial charge >= 0.3 is 0 Å². The Balaban J connectivity index is 0.00000300. The molecule has 0 bridgehead atoms. The minimum atomic E-state index is -0.0810. The molecule has 3 rings (SSSR count). The molecule has 0 saturated carbocycles. The number of amides is 1. The van der Waals surface area contributed by atoms with E-state index < -0.39 is 0 Å². The van der Waals surface area contributed by atoms with Gasteiger partial charge in [0.2, 0.25) is 11.8 Å². The monoisotopic (exact) mass is 511 g/mol. The van der Waals surface area contributed by atoms with Gasteiger partial charge in [0.1, 0.15) is 5.76 Å². The number of aryl methyl sites for hydroxylation is 1. The van der Waals surface area contributed by atoms with Gasteiger partial charge in [-0.1, -0.05) is 39.0 Å². The Bertz CT molecular complexity index is 857. The number of fused-ring (bicyclic) bond motifs is 1. The van der Waals surface area contributed by atoms with Crippen molar-refractivity contribution in [2.75, 3.05) is 25.0 Å². The second-order valence-corrected chi connectivity index (χ2v) is 7.93. The summed E-state index contributed by atoms with van der Waals surface area (Å²) in [4.78, 5) is 23.0. The van der Waals surface area contributed by atoms with E-state index in [0.29, 0.717) is 18.4 Å². The summed E-state index contributed by atoms with van der Waals surface area (Å²) >= 11 is 0. The lowest BCUT2D eigenvalue weighted by molar-refractivity contribution is -0.117. The number of carbonyl (C=O) groups excluding carboxylic acids is 1. The molecule has 0 unspecified atom stereocenters. The zero-order valence-corrected chi connectivity index (χ0v) is 19.8. The quantitative estimate of drug-likeness (QED) is 0.374. The van der Waals surface area contributed by atoms with Crippen molar-refractivity contribution < 1.29 is 9.21 Å². The number of hydrogen-bond donors (Lipinski definition) is 2. The Labute approximate surface area is 189 Å². The number of hydrogen-bond acceptors (Lipinski definition) is 4. The number of nitrogens with one attached hydrogen (secondary N) is 2. The smallest absolute Gasteiger partial charge is 0.246 e. The molecule has 7 nitrogen and oxygen atoms in total. The molecular formula is C21H30IN5O2. The van der Waals surface area contributed by atoms with Crippen molar-refractivity contribution in [3.05, 3.63) is 47.7 Å². The maximum absolute atomic E-state index is 12.7. The minimum Gasteiger partial charge on any atom is -0.443 e. The molecule has 0 aliphatic carbocycles. The van der Waals surface area contributed by atoms with Crippen LogP contribution in [0.25, 0.3) is 0 Å². The molecule has 0 spiro atoms. The van der Waals surface area contributed by atoms with Crippen LogP contribution in [0.3, 0.4) is 0 Å². The molecular weight excluding hydrogens is 481 g/mol. The Hall–Kier alpha value is -2.10. The van der Waals surface area contributed by atoms with Gasteiger partial charge in [0, 0.05) is 24.7 Å². The molecule has 1 amide bonds. The van der Waals surface area contributed by atoms with E-state index in [0.717, 1.165) is 30.8 Å². The fraction of sp³-hybridized carbons (Fsp3) is 0.476. The van der Waals surface area contributed by atoms with Crippen LogP contribution in [0.5, 0.6) is 0 Å². The summed E-state index contributed by atoms with van der Waals surface area (Å²) < 4.78 is 5.77. The molecule has 1 aliphatic rings. The van der Waals surface area contributed by atoms with Crippen molar-refractivity contribution in [2.24, 2.45) is 4.99 Å². The van der Waals surface area contributed by atoms with Crippen molar-refractivity contribution in [2.45, 2.75) is 45.6 Å². The first-order valence-electron chi connectivity index (χ1n) is 9.66. The number of halogens is 1. The third-order valence-corrected chi connectivity index (χ3v) is 4.74. The van der Waals surface area contributed by atoms with Crippen LogP contribution in [0.1, 0.15) is 44.4 Å². The van der Waals surface area contributed by atoms with Gasteiger partial charge < -0.3 is 20.0 Å². The number of carbonyl (C=O) groups is 1. The van der Waals surface area contributed by atoms with E-state index in [-0.39, 0.29) is 41.8 Å². The molecule has 0 fully saturated rings. The molecule has 0 saturated heterocycles. The minimum absolute atomic E-state index is 0. The second kappa shape index (κ2) is 10.1. The molecule has 1 aliphatic heterocycles. The third-order valence-electron chi connectivity index (χ3n) is 4.74. The summed E-state index contributed by atoms with van der Waals surface area (Å²) in [5.74, 6) is 1.99. The van der Waals surface area contributed by atoms with Crippen LogP contribution in [-0.2, 0) is 23.2 Å². The number of rotatable bonds is 4. The highest BCUT2D eigenvalue weighted by Gasteiger charge is 2.22. The highest BCUT2D eigenvalue weighted by Crippen LogP contribution is 2.26. The fourth-order valence-electron chi connectivity index (χ4n) is 3.17. The molecule has 8 heteroatoms. The average Bonchev–Trinajstić information content (AvgIpc) is 3.17. The van der Waals surface area contributed by atoms with E-state index >= 15 is 0 Å². The first-order valence-corrected chi connectivity index (χ1v) is 9.66. The molecule has 0 radical (unpaired) electrons. The lowest BCUT2D eigenvalue weighted by Crippen LogP contribution is -2.45. The number of guanidine groups is 1. The summed E-state index contributed by atoms with van der Waals surface area (Å²) in [6.45, 7) is 7.56. The van der Waals surface area contributed by atoms with Crippen LogP contribution in [0.15, 0.2) is 39.9 Å². The van der Waals surface area contributed by atoms with Crippen molar-refractivity contribution in [3.63, 3.8) is 0 Å². The van der Waals surface area contributed by atoms with Gasteiger partial charge in [0.15, 0.2) is 5.96 Å². The first-order chi connectivity index (χ1) is 13.4. The molecule has 158 valence electrons. The standard InChI is InChI=1S/C21H29N5O2.HI/c1-21(2,3)17-12-23-18(28-17)13-24-20(22-4)25-14-19(27)26-11-7-9-15-8-5-6-10-16(15)26;/h5-6,8,10,12H,7,9,11,13-14H2,1-4H3,(H2,22,24,25);1H. The van der Waals surface area contributed by atoms with Gasteiger partial charge in [-0.2, -0.15) is 0 Å². The van der Waals surface area contributed by atoms with E-state index in [2.05, 4.69) is 47.4 Å². The SMILES string of the molecule is CN=C(NCC(=O)N1CCCc2ccccc21)NCc1ncc(C(C)(C)C)o1.I. The van der Waals surface area contributed by atoms with Crippen LogP contribution < -0.4 is 15.5 Å². The largest absolute Gasteiger partial charge is 0.443 e. The summed E-state index contributed by atoms with van der Waals surface area (Å²) in [6.07, 6.45) is 3.75. The Morgan fingerprint density at radius 1 is 1.28 bits per heavy atom.